The van der Waals surface area contributed by atoms with Crippen LogP contribution in [0.4, 0.5) is 0 Å². The van der Waals surface area contributed by atoms with Gasteiger partial charge in [0.15, 0.2) is 0 Å². The van der Waals surface area contributed by atoms with E-state index in [4.69, 9.17) is 4.74 Å². The molecule has 4 aromatic rings. The molecule has 1 aromatic heterocycles. The first kappa shape index (κ1) is 26.0. The second-order valence-electron chi connectivity index (χ2n) is 7.53. The van der Waals surface area contributed by atoms with Crippen LogP contribution < -0.4 is 15.5 Å². The molecule has 7 nitrogen and oxygen atoms in total. The van der Waals surface area contributed by atoms with Crippen molar-refractivity contribution in [3.63, 3.8) is 0 Å². The van der Waals surface area contributed by atoms with E-state index in [-0.39, 0.29) is 5.70 Å². The first-order chi connectivity index (χ1) is 18.0. The molecule has 0 aliphatic rings. The van der Waals surface area contributed by atoms with Gasteiger partial charge in [0.1, 0.15) is 11.4 Å². The number of rotatable bonds is 8. The molecule has 0 spiro atoms. The number of nitrogens with one attached hydrogen (secondary N) is 2. The van der Waals surface area contributed by atoms with Crippen molar-refractivity contribution in [2.75, 3.05) is 0 Å². The number of esters is 1. The van der Waals surface area contributed by atoms with Gasteiger partial charge in [0, 0.05) is 14.0 Å². The predicted octanol–water partition coefficient (Wildman–Crippen LogP) is 5.49. The molecule has 0 fully saturated rings. The number of amides is 2. The van der Waals surface area contributed by atoms with Crippen molar-refractivity contribution in [2.45, 2.75) is 0 Å². The summed E-state index contributed by atoms with van der Waals surface area (Å²) in [6.07, 6.45) is 3.04. The summed E-state index contributed by atoms with van der Waals surface area (Å²) in [6, 6.07) is 26.2. The molecule has 0 aliphatic heterocycles. The molecule has 3 aromatic carbocycles. The largest absolute Gasteiger partial charge is 0.423 e. The van der Waals surface area contributed by atoms with Gasteiger partial charge in [0.25, 0.3) is 11.8 Å². The molecular weight excluding hydrogens is 601 g/mol. The van der Waals surface area contributed by atoms with Gasteiger partial charge in [-0.25, -0.2) is 10.2 Å². The molecule has 0 bridgehead atoms. The second kappa shape index (κ2) is 12.7. The van der Waals surface area contributed by atoms with E-state index < -0.39 is 17.8 Å². The minimum absolute atomic E-state index is 0.0613. The lowest BCUT2D eigenvalue weighted by molar-refractivity contribution is -0.117. The Hall–Kier alpha value is -4.09. The fraction of sp³-hybridized carbons (Fsp3) is 0. The first-order valence-corrected chi connectivity index (χ1v) is 13.0. The summed E-state index contributed by atoms with van der Waals surface area (Å²) in [5, 5.41) is 8.53. The zero-order valence-electron chi connectivity index (χ0n) is 19.3. The number of ether oxygens (including phenoxy) is 1. The zero-order chi connectivity index (χ0) is 26.0. The third-order valence-corrected chi connectivity index (χ3v) is 6.68. The summed E-state index contributed by atoms with van der Waals surface area (Å²) in [6.45, 7) is 0. The van der Waals surface area contributed by atoms with E-state index in [2.05, 4.69) is 38.4 Å². The molecule has 9 heteroatoms. The van der Waals surface area contributed by atoms with E-state index >= 15 is 0 Å². The number of hydrazone groups is 1. The highest BCUT2D eigenvalue weighted by atomic mass is 127. The summed E-state index contributed by atoms with van der Waals surface area (Å²) in [7, 11) is 0. The number of nitrogens with zero attached hydrogens (tertiary/aromatic N) is 1. The van der Waals surface area contributed by atoms with Gasteiger partial charge >= 0.3 is 5.97 Å². The number of hydrogen-bond acceptors (Lipinski definition) is 6. The molecule has 0 aliphatic carbocycles. The average Bonchev–Trinajstić information content (AvgIpc) is 3.43. The lowest BCUT2D eigenvalue weighted by Gasteiger charge is -2.08. The van der Waals surface area contributed by atoms with Crippen LogP contribution >= 0.6 is 33.9 Å². The summed E-state index contributed by atoms with van der Waals surface area (Å²) < 4.78 is 6.23. The van der Waals surface area contributed by atoms with Gasteiger partial charge in [-0.2, -0.15) is 5.10 Å². The van der Waals surface area contributed by atoms with Crippen LogP contribution in [-0.4, -0.2) is 24.0 Å². The average molecular weight is 621 g/mol. The third kappa shape index (κ3) is 7.45. The first-order valence-electron chi connectivity index (χ1n) is 11.0. The van der Waals surface area contributed by atoms with Crippen LogP contribution in [0.25, 0.3) is 6.08 Å². The highest BCUT2D eigenvalue weighted by molar-refractivity contribution is 14.1. The number of hydrogen-bond donors (Lipinski definition) is 2. The van der Waals surface area contributed by atoms with Crippen LogP contribution in [-0.2, 0) is 4.79 Å². The fourth-order valence-electron chi connectivity index (χ4n) is 3.09. The van der Waals surface area contributed by atoms with Gasteiger partial charge in [-0.05, 0) is 94.2 Å². The van der Waals surface area contributed by atoms with Gasteiger partial charge in [0.05, 0.1) is 11.8 Å². The van der Waals surface area contributed by atoms with Gasteiger partial charge in [-0.3, -0.25) is 9.59 Å². The molecule has 4 rings (SSSR count). The van der Waals surface area contributed by atoms with Gasteiger partial charge in [0.2, 0.25) is 0 Å². The Morgan fingerprint density at radius 1 is 0.865 bits per heavy atom. The Morgan fingerprint density at radius 2 is 1.59 bits per heavy atom. The van der Waals surface area contributed by atoms with Crippen molar-refractivity contribution in [3.8, 4) is 5.75 Å². The predicted molar refractivity (Wildman–Crippen MR) is 153 cm³/mol. The number of carbonyl (C=O) groups excluding carboxylic acids is 3. The maximum Gasteiger partial charge on any atom is 0.344 e. The Balaban J connectivity index is 1.39. The molecule has 37 heavy (non-hydrogen) atoms. The van der Waals surface area contributed by atoms with E-state index in [0.717, 1.165) is 8.45 Å². The van der Waals surface area contributed by atoms with Gasteiger partial charge in [-0.15, -0.1) is 11.3 Å². The summed E-state index contributed by atoms with van der Waals surface area (Å²) in [4.78, 5) is 38.6. The summed E-state index contributed by atoms with van der Waals surface area (Å²) >= 11 is 3.52. The number of thiophene rings is 1. The van der Waals surface area contributed by atoms with Crippen LogP contribution in [0.15, 0.2) is 107 Å². The Kier molecular flexibility index (Phi) is 8.95. The maximum atomic E-state index is 12.8. The molecule has 0 radical (unpaired) electrons. The molecule has 0 saturated heterocycles. The molecule has 1 heterocycles. The zero-order valence-corrected chi connectivity index (χ0v) is 22.2. The van der Waals surface area contributed by atoms with E-state index in [0.29, 0.717) is 22.4 Å². The van der Waals surface area contributed by atoms with Crippen LogP contribution in [0.2, 0.25) is 0 Å². The molecule has 0 saturated carbocycles. The maximum absolute atomic E-state index is 12.8. The van der Waals surface area contributed by atoms with Crippen molar-refractivity contribution in [2.24, 2.45) is 5.10 Å². The number of carbonyl (C=O) groups is 3. The fourth-order valence-corrected chi connectivity index (χ4v) is 4.36. The Bertz CT molecular complexity index is 1450. The van der Waals surface area contributed by atoms with Crippen molar-refractivity contribution in [1.29, 1.82) is 0 Å². The normalized spacial score (nSPS) is 11.2. The van der Waals surface area contributed by atoms with Crippen molar-refractivity contribution >= 4 is 64.0 Å². The second-order valence-corrected chi connectivity index (χ2v) is 9.67. The van der Waals surface area contributed by atoms with Crippen molar-refractivity contribution in [3.05, 3.63) is 127 Å². The highest BCUT2D eigenvalue weighted by Gasteiger charge is 2.15. The van der Waals surface area contributed by atoms with Crippen LogP contribution in [0, 0.1) is 3.57 Å². The number of benzene rings is 3. The Morgan fingerprint density at radius 3 is 2.30 bits per heavy atom. The lowest BCUT2D eigenvalue weighted by atomic mass is 10.2. The highest BCUT2D eigenvalue weighted by Crippen LogP contribution is 2.17. The SMILES string of the molecule is O=C(N/N=C\c1ccc(OC(=O)c2ccccc2I)cc1)/C(=C\c1cccs1)NC(=O)c1ccccc1. The summed E-state index contributed by atoms with van der Waals surface area (Å²) in [5.74, 6) is -1.04. The van der Waals surface area contributed by atoms with Crippen molar-refractivity contribution in [1.82, 2.24) is 10.7 Å². The van der Waals surface area contributed by atoms with Crippen LogP contribution in [0.1, 0.15) is 31.2 Å². The lowest BCUT2D eigenvalue weighted by Crippen LogP contribution is -2.32. The van der Waals surface area contributed by atoms with E-state index in [1.54, 1.807) is 72.8 Å². The molecule has 184 valence electrons. The van der Waals surface area contributed by atoms with E-state index in [9.17, 15) is 14.4 Å². The molecular formula is C28H20IN3O4S. The van der Waals surface area contributed by atoms with Crippen LogP contribution in [0.3, 0.4) is 0 Å². The van der Waals surface area contributed by atoms with E-state index in [1.807, 2.05) is 29.6 Å². The quantitative estimate of drug-likeness (QED) is 0.0679. The standard InChI is InChI=1S/C28H20IN3O4S/c29-24-11-5-4-10-23(24)28(35)36-21-14-12-19(13-15-21)18-30-32-27(34)25(17-22-9-6-16-37-22)31-26(33)20-7-2-1-3-8-20/h1-18H,(H,31,33)(H,32,34)/b25-17+,30-18-. The van der Waals surface area contributed by atoms with Gasteiger partial charge in [-0.1, -0.05) is 36.4 Å². The molecule has 2 N–H and O–H groups in total. The summed E-state index contributed by atoms with van der Waals surface area (Å²) in [5.41, 5.74) is 4.09. The van der Waals surface area contributed by atoms with Crippen molar-refractivity contribution < 1.29 is 19.1 Å². The molecule has 0 unspecified atom stereocenters. The van der Waals surface area contributed by atoms with Crippen LogP contribution in [0.5, 0.6) is 5.75 Å². The third-order valence-electron chi connectivity index (χ3n) is 4.92. The number of halogens is 1. The minimum atomic E-state index is -0.572. The van der Waals surface area contributed by atoms with E-state index in [1.165, 1.54) is 17.6 Å². The van der Waals surface area contributed by atoms with Gasteiger partial charge < -0.3 is 10.1 Å². The molecule has 2 amide bonds. The monoisotopic (exact) mass is 621 g/mol. The minimum Gasteiger partial charge on any atom is -0.423 e. The topological polar surface area (TPSA) is 96.9 Å². The Labute approximate surface area is 231 Å². The smallest absolute Gasteiger partial charge is 0.344 e. The molecule has 0 atom stereocenters.